The van der Waals surface area contributed by atoms with Gasteiger partial charge in [-0.2, -0.15) is 25.3 Å². The van der Waals surface area contributed by atoms with Crippen LogP contribution in [-0.2, 0) is 30.2 Å². The van der Waals surface area contributed by atoms with Crippen LogP contribution in [0.3, 0.4) is 0 Å². The van der Waals surface area contributed by atoms with Crippen LogP contribution in [0.1, 0.15) is 69.9 Å². The Kier molecular flexibility index (Phi) is 15.6. The van der Waals surface area contributed by atoms with Gasteiger partial charge in [0.2, 0.25) is 0 Å². The number of benzene rings is 1. The zero-order chi connectivity index (χ0) is 23.8. The Balaban J connectivity index is 2.07. The van der Waals surface area contributed by atoms with E-state index < -0.39 is 0 Å². The smallest absolute Gasteiger partial charge is 0.313 e. The van der Waals surface area contributed by atoms with E-state index in [0.717, 1.165) is 43.4 Å². The van der Waals surface area contributed by atoms with Crippen molar-refractivity contribution >= 4 is 37.2 Å². The monoisotopic (exact) mass is 484 g/mol. The fourth-order valence-corrected chi connectivity index (χ4v) is 4.03. The Bertz CT molecular complexity index is 648. The molecular weight excluding hydrogens is 444 g/mol. The van der Waals surface area contributed by atoms with E-state index in [1.807, 2.05) is 19.1 Å². The summed E-state index contributed by atoms with van der Waals surface area (Å²) < 4.78 is 15.8. The van der Waals surface area contributed by atoms with Crippen LogP contribution in [-0.4, -0.2) is 49.4 Å². The van der Waals surface area contributed by atoms with Crippen molar-refractivity contribution in [1.82, 2.24) is 0 Å². The lowest BCUT2D eigenvalue weighted by atomic mass is 9.97. The Morgan fingerprint density at radius 2 is 1.56 bits per heavy atom. The molecule has 0 spiro atoms. The standard InChI is InChI=1S/C25H40O5S2/c1-19(2)18-21-8-10-22(11-9-21)20(3)25(27)30-16-14-28-13-15-29-24(26)7-5-4-6-23(32)12-17-31/h8-11,19-20,23,31-32H,4-7,12-18H2,1-3H3. The van der Waals surface area contributed by atoms with E-state index >= 15 is 0 Å². The van der Waals surface area contributed by atoms with E-state index in [1.165, 1.54) is 5.56 Å². The predicted molar refractivity (Wildman–Crippen MR) is 136 cm³/mol. The fraction of sp³-hybridized carbons (Fsp3) is 0.680. The number of hydrogen-bond acceptors (Lipinski definition) is 7. The second-order valence-corrected chi connectivity index (χ2v) is 9.65. The molecule has 1 aromatic rings. The molecule has 182 valence electrons. The highest BCUT2D eigenvalue weighted by atomic mass is 32.1. The molecular formula is C25H40O5S2. The highest BCUT2D eigenvalue weighted by Gasteiger charge is 2.16. The van der Waals surface area contributed by atoms with Gasteiger partial charge in [-0.25, -0.2) is 0 Å². The first-order valence-corrected chi connectivity index (χ1v) is 12.8. The van der Waals surface area contributed by atoms with Gasteiger partial charge < -0.3 is 14.2 Å². The van der Waals surface area contributed by atoms with Gasteiger partial charge in [0.05, 0.1) is 19.1 Å². The molecule has 0 N–H and O–H groups in total. The van der Waals surface area contributed by atoms with Crippen molar-refractivity contribution in [3.05, 3.63) is 35.4 Å². The quantitative estimate of drug-likeness (QED) is 0.179. The summed E-state index contributed by atoms with van der Waals surface area (Å²) in [6.07, 6.45) is 5.17. The van der Waals surface area contributed by atoms with Crippen LogP contribution in [0, 0.1) is 5.92 Å². The number of ether oxygens (including phenoxy) is 3. The summed E-state index contributed by atoms with van der Waals surface area (Å²) in [6, 6.07) is 8.13. The molecule has 1 aromatic carbocycles. The molecule has 7 heteroatoms. The Morgan fingerprint density at radius 1 is 0.906 bits per heavy atom. The molecule has 0 aliphatic rings. The Hall–Kier alpha value is -1.18. The molecule has 0 radical (unpaired) electrons. The fourth-order valence-electron chi connectivity index (χ4n) is 3.21. The summed E-state index contributed by atoms with van der Waals surface area (Å²) in [4.78, 5) is 23.9. The second-order valence-electron chi connectivity index (χ2n) is 8.47. The summed E-state index contributed by atoms with van der Waals surface area (Å²) in [7, 11) is 0. The third kappa shape index (κ3) is 13.4. The number of carbonyl (C=O) groups is 2. The van der Waals surface area contributed by atoms with Gasteiger partial charge in [-0.05, 0) is 55.4 Å². The van der Waals surface area contributed by atoms with Crippen LogP contribution in [0.4, 0.5) is 0 Å². The molecule has 2 unspecified atom stereocenters. The molecule has 0 aliphatic carbocycles. The first-order valence-electron chi connectivity index (χ1n) is 11.6. The van der Waals surface area contributed by atoms with Crippen LogP contribution in [0.2, 0.25) is 0 Å². The van der Waals surface area contributed by atoms with Gasteiger partial charge in [0.25, 0.3) is 0 Å². The lowest BCUT2D eigenvalue weighted by molar-refractivity contribution is -0.147. The van der Waals surface area contributed by atoms with Crippen LogP contribution in [0.5, 0.6) is 0 Å². The molecule has 0 saturated heterocycles. The van der Waals surface area contributed by atoms with Crippen LogP contribution in [0.15, 0.2) is 24.3 Å². The van der Waals surface area contributed by atoms with E-state index in [4.69, 9.17) is 14.2 Å². The minimum Gasteiger partial charge on any atom is -0.463 e. The maximum Gasteiger partial charge on any atom is 0.313 e. The van der Waals surface area contributed by atoms with Crippen molar-refractivity contribution in [3.8, 4) is 0 Å². The average molecular weight is 485 g/mol. The molecule has 0 amide bonds. The van der Waals surface area contributed by atoms with E-state index in [9.17, 15) is 9.59 Å². The number of hydrogen-bond donors (Lipinski definition) is 2. The third-order valence-electron chi connectivity index (χ3n) is 5.07. The molecule has 2 atom stereocenters. The Labute approximate surface area is 204 Å². The highest BCUT2D eigenvalue weighted by Crippen LogP contribution is 2.19. The van der Waals surface area contributed by atoms with Crippen LogP contribution in [0.25, 0.3) is 0 Å². The van der Waals surface area contributed by atoms with Gasteiger partial charge >= 0.3 is 11.9 Å². The van der Waals surface area contributed by atoms with Crippen LogP contribution < -0.4 is 0 Å². The third-order valence-corrected chi connectivity index (χ3v) is 5.85. The van der Waals surface area contributed by atoms with E-state index in [2.05, 4.69) is 51.2 Å². The molecule has 32 heavy (non-hydrogen) atoms. The molecule has 0 bridgehead atoms. The second kappa shape index (κ2) is 17.3. The van der Waals surface area contributed by atoms with Gasteiger partial charge in [-0.15, -0.1) is 0 Å². The van der Waals surface area contributed by atoms with Crippen molar-refractivity contribution in [2.24, 2.45) is 5.92 Å². The number of thiol groups is 2. The minimum atomic E-state index is -0.320. The SMILES string of the molecule is CC(C)Cc1ccc(C(C)C(=O)OCCOCCOC(=O)CCCCC(S)CCS)cc1. The maximum atomic E-state index is 12.2. The Morgan fingerprint density at radius 3 is 2.19 bits per heavy atom. The first kappa shape index (κ1) is 28.9. The topological polar surface area (TPSA) is 61.8 Å². The van der Waals surface area contributed by atoms with E-state index in [-0.39, 0.29) is 44.3 Å². The molecule has 0 fully saturated rings. The zero-order valence-electron chi connectivity index (χ0n) is 19.8. The van der Waals surface area contributed by atoms with Gasteiger partial charge in [-0.3, -0.25) is 9.59 Å². The van der Waals surface area contributed by atoms with Crippen molar-refractivity contribution in [3.63, 3.8) is 0 Å². The summed E-state index contributed by atoms with van der Waals surface area (Å²) in [5.41, 5.74) is 2.22. The molecule has 1 rings (SSSR count). The number of rotatable bonds is 17. The van der Waals surface area contributed by atoms with E-state index in [1.54, 1.807) is 0 Å². The molecule has 0 heterocycles. The molecule has 0 aromatic heterocycles. The summed E-state index contributed by atoms with van der Waals surface area (Å²) in [5, 5.41) is 0.351. The number of esters is 2. The van der Waals surface area contributed by atoms with E-state index in [0.29, 0.717) is 17.6 Å². The average Bonchev–Trinajstić information content (AvgIpc) is 2.75. The van der Waals surface area contributed by atoms with Crippen LogP contribution >= 0.6 is 25.3 Å². The summed E-state index contributed by atoms with van der Waals surface area (Å²) in [6.45, 7) is 7.17. The first-order chi connectivity index (χ1) is 15.3. The summed E-state index contributed by atoms with van der Waals surface area (Å²) in [5.74, 6) is 0.638. The van der Waals surface area contributed by atoms with Crippen molar-refractivity contribution < 1.29 is 23.8 Å². The van der Waals surface area contributed by atoms with Gasteiger partial charge in [-0.1, -0.05) is 44.5 Å². The van der Waals surface area contributed by atoms with Crippen molar-refractivity contribution in [2.75, 3.05) is 32.2 Å². The lowest BCUT2D eigenvalue weighted by Crippen LogP contribution is -2.17. The lowest BCUT2D eigenvalue weighted by Gasteiger charge is -2.13. The number of unbranched alkanes of at least 4 members (excludes halogenated alkanes) is 1. The number of carbonyl (C=O) groups excluding carboxylic acids is 2. The maximum absolute atomic E-state index is 12.2. The van der Waals surface area contributed by atoms with Gasteiger partial charge in [0.15, 0.2) is 0 Å². The molecule has 5 nitrogen and oxygen atoms in total. The highest BCUT2D eigenvalue weighted by molar-refractivity contribution is 7.81. The zero-order valence-corrected chi connectivity index (χ0v) is 21.5. The summed E-state index contributed by atoms with van der Waals surface area (Å²) >= 11 is 8.67. The van der Waals surface area contributed by atoms with Crippen molar-refractivity contribution in [2.45, 2.75) is 70.5 Å². The largest absolute Gasteiger partial charge is 0.463 e. The molecule has 0 saturated carbocycles. The van der Waals surface area contributed by atoms with Crippen molar-refractivity contribution in [1.29, 1.82) is 0 Å². The van der Waals surface area contributed by atoms with Gasteiger partial charge in [0.1, 0.15) is 13.2 Å². The van der Waals surface area contributed by atoms with Gasteiger partial charge in [0, 0.05) is 11.7 Å². The molecule has 0 aliphatic heterocycles. The minimum absolute atomic E-state index is 0.180. The normalized spacial score (nSPS) is 13.1. The predicted octanol–water partition coefficient (Wildman–Crippen LogP) is 5.27.